The topological polar surface area (TPSA) is 107 Å². The molecule has 2 aromatic rings. The van der Waals surface area contributed by atoms with Crippen molar-refractivity contribution in [2.24, 2.45) is 5.92 Å². The molecule has 2 N–H and O–H groups in total. The van der Waals surface area contributed by atoms with Crippen molar-refractivity contribution < 1.29 is 23.9 Å². The molecule has 1 aromatic heterocycles. The van der Waals surface area contributed by atoms with Crippen LogP contribution in [-0.4, -0.2) is 35.7 Å². The van der Waals surface area contributed by atoms with Crippen LogP contribution in [0.3, 0.4) is 0 Å². The number of carbonyl (C=O) groups excluding carboxylic acids is 3. The van der Waals surface area contributed by atoms with E-state index in [9.17, 15) is 14.4 Å². The third kappa shape index (κ3) is 6.19. The number of methoxy groups -OCH3 is 1. The van der Waals surface area contributed by atoms with Gasteiger partial charge >= 0.3 is 12.1 Å². The highest BCUT2D eigenvalue weighted by molar-refractivity contribution is 5.99. The Bertz CT molecular complexity index is 1090. The summed E-state index contributed by atoms with van der Waals surface area (Å²) >= 11 is 0. The molecule has 0 aliphatic carbocycles. The molecule has 2 heterocycles. The zero-order valence-electron chi connectivity index (χ0n) is 19.5. The van der Waals surface area contributed by atoms with Gasteiger partial charge in [-0.05, 0) is 63.1 Å². The molecule has 8 nitrogen and oxygen atoms in total. The van der Waals surface area contributed by atoms with Crippen molar-refractivity contribution in [3.8, 4) is 11.1 Å². The largest absolute Gasteiger partial charge is 0.465 e. The zero-order valence-corrected chi connectivity index (χ0v) is 19.5. The molecule has 0 fully saturated rings. The molecule has 2 atom stereocenters. The van der Waals surface area contributed by atoms with E-state index in [2.05, 4.69) is 15.6 Å². The molecule has 2 amide bonds. The summed E-state index contributed by atoms with van der Waals surface area (Å²) in [5, 5.41) is 5.81. The Morgan fingerprint density at radius 3 is 2.64 bits per heavy atom. The van der Waals surface area contributed by atoms with Gasteiger partial charge in [-0.15, -0.1) is 0 Å². The van der Waals surface area contributed by atoms with Crippen LogP contribution in [-0.2, 0) is 14.3 Å². The normalized spacial score (nSPS) is 19.1. The lowest BCUT2D eigenvalue weighted by molar-refractivity contribution is -0.118. The second-order valence-corrected chi connectivity index (χ2v) is 8.86. The number of aromatic nitrogens is 1. The van der Waals surface area contributed by atoms with E-state index in [1.54, 1.807) is 64.2 Å². The minimum absolute atomic E-state index is 0.190. The van der Waals surface area contributed by atoms with Gasteiger partial charge in [0.25, 0.3) is 0 Å². The van der Waals surface area contributed by atoms with Crippen LogP contribution in [0.1, 0.15) is 56.2 Å². The molecular weight excluding hydrogens is 422 g/mol. The molecular formula is C25H29N3O5. The number of amides is 2. The number of carbonyl (C=O) groups is 3. The Morgan fingerprint density at radius 2 is 1.94 bits per heavy atom. The van der Waals surface area contributed by atoms with Gasteiger partial charge in [0.2, 0.25) is 5.91 Å². The summed E-state index contributed by atoms with van der Waals surface area (Å²) in [6, 6.07) is 8.09. The molecule has 0 unspecified atom stereocenters. The van der Waals surface area contributed by atoms with Crippen molar-refractivity contribution in [3.63, 3.8) is 0 Å². The zero-order chi connectivity index (χ0) is 24.2. The Balaban J connectivity index is 2.09. The standard InChI is InChI=1S/C25H29N3O5/c1-15-7-6-8-20(28-24(31)33-25(2,3)4)21-14-16(11-12-26-21)18-13-17(23(30)32-5)9-10-19(18)27-22(15)29/h6-7,9-15,20H,8H2,1-5H3,(H,27,29)(H,28,31)/b7-6+/t15-,20+/m1/s1. The van der Waals surface area contributed by atoms with E-state index in [-0.39, 0.29) is 5.91 Å². The van der Waals surface area contributed by atoms with E-state index in [4.69, 9.17) is 9.47 Å². The van der Waals surface area contributed by atoms with E-state index in [0.717, 1.165) is 5.56 Å². The van der Waals surface area contributed by atoms with Gasteiger partial charge in [-0.2, -0.15) is 0 Å². The molecule has 0 saturated carbocycles. The molecule has 1 aromatic carbocycles. The van der Waals surface area contributed by atoms with Gasteiger partial charge in [0, 0.05) is 17.4 Å². The van der Waals surface area contributed by atoms with Gasteiger partial charge in [0.1, 0.15) is 5.60 Å². The van der Waals surface area contributed by atoms with E-state index < -0.39 is 29.6 Å². The average molecular weight is 452 g/mol. The van der Waals surface area contributed by atoms with E-state index in [0.29, 0.717) is 28.9 Å². The van der Waals surface area contributed by atoms with Crippen LogP contribution >= 0.6 is 0 Å². The molecule has 0 radical (unpaired) electrons. The van der Waals surface area contributed by atoms with Crippen LogP contribution in [0, 0.1) is 5.92 Å². The highest BCUT2D eigenvalue weighted by Crippen LogP contribution is 2.32. The van der Waals surface area contributed by atoms with Gasteiger partial charge in [0.05, 0.1) is 30.3 Å². The fraction of sp³-hybridized carbons (Fsp3) is 0.360. The van der Waals surface area contributed by atoms with Crippen molar-refractivity contribution in [2.75, 3.05) is 12.4 Å². The van der Waals surface area contributed by atoms with Gasteiger partial charge < -0.3 is 20.1 Å². The summed E-state index contributed by atoms with van der Waals surface area (Å²) in [6.07, 6.45) is 5.13. The fourth-order valence-corrected chi connectivity index (χ4v) is 3.40. The predicted molar refractivity (Wildman–Crippen MR) is 125 cm³/mol. The highest BCUT2D eigenvalue weighted by Gasteiger charge is 2.23. The number of anilines is 1. The molecule has 0 saturated heterocycles. The van der Waals surface area contributed by atoms with Crippen LogP contribution in [0.25, 0.3) is 11.1 Å². The number of rotatable bonds is 2. The van der Waals surface area contributed by atoms with Gasteiger partial charge in [-0.3, -0.25) is 9.78 Å². The summed E-state index contributed by atoms with van der Waals surface area (Å²) in [7, 11) is 1.31. The summed E-state index contributed by atoms with van der Waals surface area (Å²) in [5.74, 6) is -1.08. The maximum Gasteiger partial charge on any atom is 0.408 e. The average Bonchev–Trinajstić information content (AvgIpc) is 2.76. The second kappa shape index (κ2) is 9.85. The first-order valence-electron chi connectivity index (χ1n) is 10.7. The molecule has 33 heavy (non-hydrogen) atoms. The maximum absolute atomic E-state index is 12.8. The summed E-state index contributed by atoms with van der Waals surface area (Å²) in [6.45, 7) is 7.17. The van der Waals surface area contributed by atoms with Gasteiger partial charge in [0.15, 0.2) is 0 Å². The summed E-state index contributed by atoms with van der Waals surface area (Å²) in [5.41, 5.74) is 2.26. The number of esters is 1. The smallest absolute Gasteiger partial charge is 0.408 e. The number of fused-ring (bicyclic) bond motifs is 4. The quantitative estimate of drug-likeness (QED) is 0.509. The molecule has 1 aliphatic rings. The minimum Gasteiger partial charge on any atom is -0.465 e. The summed E-state index contributed by atoms with van der Waals surface area (Å²) in [4.78, 5) is 41.8. The maximum atomic E-state index is 12.8. The number of hydrogen-bond donors (Lipinski definition) is 2. The Labute approximate surface area is 193 Å². The van der Waals surface area contributed by atoms with Crippen molar-refractivity contribution in [2.45, 2.75) is 45.8 Å². The van der Waals surface area contributed by atoms with Crippen molar-refractivity contribution in [1.82, 2.24) is 10.3 Å². The molecule has 2 bridgehead atoms. The first-order chi connectivity index (χ1) is 15.6. The SMILES string of the molecule is COC(=O)c1ccc2c(c1)-c1ccnc(c1)[C@@H](NC(=O)OC(C)(C)C)C/C=C/[C@@H](C)C(=O)N2. The van der Waals surface area contributed by atoms with E-state index in [1.165, 1.54) is 7.11 Å². The highest BCUT2D eigenvalue weighted by atomic mass is 16.6. The molecule has 1 aliphatic heterocycles. The lowest BCUT2D eigenvalue weighted by Gasteiger charge is -2.24. The lowest BCUT2D eigenvalue weighted by Crippen LogP contribution is -2.35. The van der Waals surface area contributed by atoms with Gasteiger partial charge in [-0.1, -0.05) is 19.1 Å². The fourth-order valence-electron chi connectivity index (χ4n) is 3.40. The van der Waals surface area contributed by atoms with Crippen LogP contribution in [0.4, 0.5) is 10.5 Å². The number of benzene rings is 1. The Kier molecular flexibility index (Phi) is 7.16. The third-order valence-corrected chi connectivity index (χ3v) is 5.05. The van der Waals surface area contributed by atoms with E-state index in [1.807, 2.05) is 12.1 Å². The van der Waals surface area contributed by atoms with Crippen LogP contribution in [0.15, 0.2) is 48.7 Å². The monoisotopic (exact) mass is 451 g/mol. The summed E-state index contributed by atoms with van der Waals surface area (Å²) < 4.78 is 10.3. The first kappa shape index (κ1) is 24.0. The number of alkyl carbamates (subject to hydrolysis) is 1. The second-order valence-electron chi connectivity index (χ2n) is 8.86. The van der Waals surface area contributed by atoms with Crippen LogP contribution in [0.2, 0.25) is 0 Å². The molecule has 174 valence electrons. The lowest BCUT2D eigenvalue weighted by atomic mass is 9.97. The van der Waals surface area contributed by atoms with Crippen molar-refractivity contribution in [1.29, 1.82) is 0 Å². The third-order valence-electron chi connectivity index (χ3n) is 5.05. The van der Waals surface area contributed by atoms with Crippen molar-refractivity contribution in [3.05, 3.63) is 59.9 Å². The number of pyridine rings is 1. The molecule has 8 heteroatoms. The van der Waals surface area contributed by atoms with E-state index >= 15 is 0 Å². The number of hydrogen-bond acceptors (Lipinski definition) is 6. The Morgan fingerprint density at radius 1 is 1.18 bits per heavy atom. The van der Waals surface area contributed by atoms with Crippen LogP contribution in [0.5, 0.6) is 0 Å². The number of ether oxygens (including phenoxy) is 2. The predicted octanol–water partition coefficient (Wildman–Crippen LogP) is 4.64. The number of nitrogens with zero attached hydrogens (tertiary/aromatic N) is 1. The minimum atomic E-state index is -0.642. The number of nitrogens with one attached hydrogen (secondary N) is 2. The Hall–Kier alpha value is -3.68. The first-order valence-corrected chi connectivity index (χ1v) is 10.7. The van der Waals surface area contributed by atoms with Crippen LogP contribution < -0.4 is 10.6 Å². The molecule has 3 rings (SSSR count). The molecule has 0 spiro atoms. The van der Waals surface area contributed by atoms with Crippen molar-refractivity contribution >= 4 is 23.7 Å². The van der Waals surface area contributed by atoms with Gasteiger partial charge in [-0.25, -0.2) is 9.59 Å².